The summed E-state index contributed by atoms with van der Waals surface area (Å²) in [6.07, 6.45) is 3.37. The first kappa shape index (κ1) is 47.5. The predicted molar refractivity (Wildman–Crippen MR) is 166 cm³/mol. The number of aliphatic hydroxyl groups is 2. The molecule has 2 aliphatic rings. The summed E-state index contributed by atoms with van der Waals surface area (Å²) in [5.41, 5.74) is 0.0503. The molecule has 25 heteroatoms. The molecular formula is C27H32N2Na2O17P4. The van der Waals surface area contributed by atoms with Gasteiger partial charge >= 0.3 is 80.5 Å². The molecule has 19 nitrogen and oxygen atoms in total. The molecule has 1 aromatic carbocycles. The number of nitrogens with zero attached hydrogens (tertiary/aromatic N) is 2. The second-order valence-electron chi connectivity index (χ2n) is 11.2. The van der Waals surface area contributed by atoms with Gasteiger partial charge in [-0.1, -0.05) is 30.3 Å². The van der Waals surface area contributed by atoms with Gasteiger partial charge in [0.2, 0.25) is 0 Å². The van der Waals surface area contributed by atoms with Crippen LogP contribution in [0.4, 0.5) is 4.79 Å². The van der Waals surface area contributed by atoms with Crippen LogP contribution in [0, 0.1) is 0 Å². The Balaban J connectivity index is 0.000000421. The number of benzene rings is 1. The van der Waals surface area contributed by atoms with Crippen molar-refractivity contribution in [3.63, 3.8) is 0 Å². The molecule has 0 radical (unpaired) electrons. The van der Waals surface area contributed by atoms with Crippen LogP contribution >= 0.6 is 30.4 Å². The van der Waals surface area contributed by atoms with E-state index in [1.807, 2.05) is 0 Å². The Labute approximate surface area is 341 Å². The van der Waals surface area contributed by atoms with Crippen LogP contribution in [0.3, 0.4) is 0 Å². The number of ether oxygens (including phenoxy) is 2. The summed E-state index contributed by atoms with van der Waals surface area (Å²) < 4.78 is 68.0. The Kier molecular flexibility index (Phi) is 17.3. The SMILES string of the molecule is O=C(Oc1ccccc1C1OP(=O)([O-])C(O)(Cc2cccnc2)P(=O)([O-])O1)OC1CCCC1.O=P(O)(O)C(O)(Cc1cccnc1)P(=O)(O)O.[Na+].[Na+]. The summed E-state index contributed by atoms with van der Waals surface area (Å²) in [7, 11) is -21.8. The molecule has 52 heavy (non-hydrogen) atoms. The molecule has 2 aromatic heterocycles. The fraction of sp³-hybridized carbons (Fsp3) is 0.370. The molecule has 2 unspecified atom stereocenters. The van der Waals surface area contributed by atoms with E-state index in [0.29, 0.717) is 12.8 Å². The maximum Gasteiger partial charge on any atom is 1.00 e. The van der Waals surface area contributed by atoms with Crippen LogP contribution in [-0.2, 0) is 44.9 Å². The van der Waals surface area contributed by atoms with E-state index in [1.54, 1.807) is 0 Å². The third-order valence-electron chi connectivity index (χ3n) is 7.54. The standard InChI is InChI=1S/C20H23NO10P2.C7H11NO7P2.2Na/c22-19(28-15-7-1-2-8-15)29-17-10-4-3-9-16(17)18-30-32(24,25)20(23,33(26,27)31-18)12-14-6-5-11-21-13-14;9-7(16(10,11)12,17(13,14)15)4-6-2-1-3-8-5-6;;/h3-6,9-11,13,15,18,23H,1-2,7-8,12H2,(H,24,25)(H,26,27);1-3,5,9H,4H2,(H2,10,11,12)(H2,13,14,15);;/q;;2*+1/p-2. The van der Waals surface area contributed by atoms with Gasteiger partial charge in [-0.2, -0.15) is 0 Å². The molecule has 5 rings (SSSR count). The van der Waals surface area contributed by atoms with Gasteiger partial charge in [0.1, 0.15) is 11.9 Å². The Morgan fingerprint density at radius 3 is 1.87 bits per heavy atom. The first-order valence-electron chi connectivity index (χ1n) is 14.5. The van der Waals surface area contributed by atoms with Crippen LogP contribution in [0.2, 0.25) is 0 Å². The van der Waals surface area contributed by atoms with Crippen molar-refractivity contribution in [2.24, 2.45) is 0 Å². The molecule has 3 aromatic rings. The molecule has 6 N–H and O–H groups in total. The molecule has 1 saturated carbocycles. The van der Waals surface area contributed by atoms with Gasteiger partial charge in [-0.05, 0) is 55.0 Å². The molecule has 1 saturated heterocycles. The first-order chi connectivity index (χ1) is 23.2. The third-order valence-corrected chi connectivity index (χ3v) is 15.8. The molecular weight excluding hydrogens is 794 g/mol. The van der Waals surface area contributed by atoms with Gasteiger partial charge in [0.15, 0.2) is 26.6 Å². The van der Waals surface area contributed by atoms with Crippen LogP contribution in [0.25, 0.3) is 0 Å². The number of carbonyl (C=O) groups excluding carboxylic acids is 1. The van der Waals surface area contributed by atoms with E-state index in [4.69, 9.17) is 38.1 Å². The van der Waals surface area contributed by atoms with Crippen molar-refractivity contribution in [2.45, 2.75) is 61.1 Å². The monoisotopic (exact) mass is 826 g/mol. The van der Waals surface area contributed by atoms with Crippen LogP contribution in [-0.4, -0.2) is 62.2 Å². The average molecular weight is 826 g/mol. The van der Waals surface area contributed by atoms with E-state index in [0.717, 1.165) is 19.0 Å². The van der Waals surface area contributed by atoms with Crippen molar-refractivity contribution in [1.29, 1.82) is 0 Å². The first-order valence-corrected chi connectivity index (χ1v) is 20.8. The summed E-state index contributed by atoms with van der Waals surface area (Å²) in [4.78, 5) is 80.7. The zero-order chi connectivity index (χ0) is 37.0. The van der Waals surface area contributed by atoms with Crippen molar-refractivity contribution in [1.82, 2.24) is 9.97 Å². The Morgan fingerprint density at radius 2 is 1.38 bits per heavy atom. The molecule has 0 amide bonds. The molecule has 3 heterocycles. The van der Waals surface area contributed by atoms with Gasteiger partial charge in [-0.3, -0.25) is 19.1 Å². The molecule has 1 aliphatic heterocycles. The normalized spacial score (nSPS) is 25.0. The number of aromatic nitrogens is 2. The van der Waals surface area contributed by atoms with Gasteiger partial charge < -0.3 is 67.2 Å². The van der Waals surface area contributed by atoms with Crippen LogP contribution < -0.4 is 73.6 Å². The molecule has 0 spiro atoms. The van der Waals surface area contributed by atoms with Gasteiger partial charge in [0.05, 0.1) is 5.56 Å². The number of rotatable bonds is 9. The van der Waals surface area contributed by atoms with Crippen molar-refractivity contribution in [2.75, 3.05) is 0 Å². The Morgan fingerprint density at radius 1 is 0.885 bits per heavy atom. The second kappa shape index (κ2) is 19.0. The van der Waals surface area contributed by atoms with Gasteiger partial charge in [0.25, 0.3) is 5.08 Å². The summed E-state index contributed by atoms with van der Waals surface area (Å²) >= 11 is 0. The Bertz CT molecular complexity index is 1800. The minimum absolute atomic E-state index is 0. The van der Waals surface area contributed by atoms with Crippen molar-refractivity contribution in [3.05, 3.63) is 90.0 Å². The number of hydrogen-bond donors (Lipinski definition) is 6. The summed E-state index contributed by atoms with van der Waals surface area (Å²) in [6, 6.07) is 11.1. The van der Waals surface area contributed by atoms with Crippen LogP contribution in [0.15, 0.2) is 73.3 Å². The number of hydrogen-bond acceptors (Lipinski definition) is 15. The fourth-order valence-electron chi connectivity index (χ4n) is 4.85. The maximum absolute atomic E-state index is 12.8. The number of carbonyl (C=O) groups is 1. The quantitative estimate of drug-likeness (QED) is 0.0522. The van der Waals surface area contributed by atoms with Gasteiger partial charge in [0, 0.05) is 37.6 Å². The number of pyridine rings is 2. The smallest absolute Gasteiger partial charge is 0.776 e. The topological polar surface area (TPSA) is 316 Å². The summed E-state index contributed by atoms with van der Waals surface area (Å²) in [5.74, 6) is -0.205. The van der Waals surface area contributed by atoms with Crippen LogP contribution in [0.5, 0.6) is 5.75 Å². The second-order valence-corrected chi connectivity index (χ2v) is 19.4. The van der Waals surface area contributed by atoms with E-state index < -0.39 is 65.8 Å². The maximum atomic E-state index is 12.8. The van der Waals surface area contributed by atoms with E-state index in [9.17, 15) is 43.1 Å². The fourth-order valence-corrected chi connectivity index (χ4v) is 10.4. The van der Waals surface area contributed by atoms with Gasteiger partial charge in [-0.25, -0.2) is 4.79 Å². The average Bonchev–Trinajstić information content (AvgIpc) is 3.53. The van der Waals surface area contributed by atoms with Crippen molar-refractivity contribution < 1.29 is 140 Å². The van der Waals surface area contributed by atoms with E-state index in [1.165, 1.54) is 67.1 Å². The van der Waals surface area contributed by atoms with Crippen molar-refractivity contribution >= 4 is 36.5 Å². The number of para-hydroxylation sites is 1. The van der Waals surface area contributed by atoms with E-state index in [-0.39, 0.29) is 87.7 Å². The van der Waals surface area contributed by atoms with Crippen LogP contribution in [0.1, 0.15) is 48.7 Å². The van der Waals surface area contributed by atoms with Crippen molar-refractivity contribution in [3.8, 4) is 5.75 Å². The zero-order valence-corrected chi connectivity index (χ0v) is 35.3. The Hall–Kier alpha value is -0.690. The molecule has 2 fully saturated rings. The summed E-state index contributed by atoms with van der Waals surface area (Å²) in [5, 5.41) is 13.5. The predicted octanol–water partition coefficient (Wildman–Crippen LogP) is -3.79. The minimum Gasteiger partial charge on any atom is -0.776 e. The van der Waals surface area contributed by atoms with E-state index in [2.05, 4.69) is 9.97 Å². The largest absolute Gasteiger partial charge is 1.00 e. The molecule has 1 aliphatic carbocycles. The molecule has 2 atom stereocenters. The minimum atomic E-state index is -5.49. The third kappa shape index (κ3) is 11.2. The molecule has 274 valence electrons. The van der Waals surface area contributed by atoms with E-state index >= 15 is 0 Å². The summed E-state index contributed by atoms with van der Waals surface area (Å²) in [6.45, 7) is 0. The zero-order valence-electron chi connectivity index (χ0n) is 27.7. The molecule has 0 bridgehead atoms. The van der Waals surface area contributed by atoms with Gasteiger partial charge in [-0.15, -0.1) is 0 Å².